The van der Waals surface area contributed by atoms with Gasteiger partial charge in [-0.15, -0.1) is 0 Å². The second-order valence-electron chi connectivity index (χ2n) is 9.21. The summed E-state index contributed by atoms with van der Waals surface area (Å²) < 4.78 is 8.79. The van der Waals surface area contributed by atoms with Crippen molar-refractivity contribution in [3.8, 4) is 11.5 Å². The van der Waals surface area contributed by atoms with Crippen LogP contribution in [0.3, 0.4) is 0 Å². The molecule has 0 unspecified atom stereocenters. The molecule has 2 aromatic carbocycles. The largest absolute Gasteiger partial charge is 1.00 e. The minimum Gasteiger partial charge on any atom is -1.00 e. The van der Waals surface area contributed by atoms with E-state index in [1.165, 1.54) is 28.1 Å². The van der Waals surface area contributed by atoms with Crippen LogP contribution in [0.25, 0.3) is 6.08 Å². The van der Waals surface area contributed by atoms with Crippen LogP contribution in [0.1, 0.15) is 57.6 Å². The van der Waals surface area contributed by atoms with Gasteiger partial charge in [-0.2, -0.15) is 4.58 Å². The normalized spacial score (nSPS) is 18.5. The van der Waals surface area contributed by atoms with E-state index < -0.39 is 0 Å². The van der Waals surface area contributed by atoms with Gasteiger partial charge in [0.15, 0.2) is 5.71 Å². The van der Waals surface area contributed by atoms with Gasteiger partial charge in [0, 0.05) is 35.8 Å². The van der Waals surface area contributed by atoms with Crippen molar-refractivity contribution < 1.29 is 38.4 Å². The fourth-order valence-corrected chi connectivity index (χ4v) is 5.14. The van der Waals surface area contributed by atoms with Crippen molar-refractivity contribution in [2.75, 3.05) is 6.54 Å². The Morgan fingerprint density at radius 3 is 2.72 bits per heavy atom. The Morgan fingerprint density at radius 1 is 1.09 bits per heavy atom. The van der Waals surface area contributed by atoms with Crippen LogP contribution in [0.5, 0.6) is 11.5 Å². The van der Waals surface area contributed by atoms with E-state index in [2.05, 4.69) is 67.8 Å². The summed E-state index contributed by atoms with van der Waals surface area (Å²) >= 11 is 0. The van der Waals surface area contributed by atoms with Crippen LogP contribution in [0.15, 0.2) is 71.5 Å². The molecule has 2 aromatic rings. The van der Waals surface area contributed by atoms with Crippen molar-refractivity contribution in [1.29, 1.82) is 0 Å². The molecule has 32 heavy (non-hydrogen) atoms. The molecular formula is C28H30INO2. The van der Waals surface area contributed by atoms with Crippen LogP contribution in [0, 0.1) is 0 Å². The number of fused-ring (bicyclic) bond motifs is 3. The fourth-order valence-electron chi connectivity index (χ4n) is 5.14. The zero-order valence-corrected chi connectivity index (χ0v) is 21.1. The fraction of sp³-hybridized carbons (Fsp3) is 0.321. The van der Waals surface area contributed by atoms with Gasteiger partial charge in [0.25, 0.3) is 0 Å². The number of aromatic hydroxyl groups is 1. The van der Waals surface area contributed by atoms with E-state index in [1.807, 2.05) is 6.07 Å². The summed E-state index contributed by atoms with van der Waals surface area (Å²) in [5.41, 5.74) is 7.56. The van der Waals surface area contributed by atoms with Crippen molar-refractivity contribution in [2.45, 2.75) is 51.9 Å². The molecule has 0 aromatic heterocycles. The van der Waals surface area contributed by atoms with Crippen LogP contribution in [-0.4, -0.2) is 21.9 Å². The van der Waals surface area contributed by atoms with Gasteiger partial charge < -0.3 is 33.8 Å². The van der Waals surface area contributed by atoms with Crippen molar-refractivity contribution in [3.63, 3.8) is 0 Å². The quantitative estimate of drug-likeness (QED) is 0.476. The standard InChI is InChI=1S/C28H29NO2.HI/c1-4-16-29-24-11-6-5-10-23(24)28(2,3)26(29)15-13-19-8-7-9-21-17-20-12-14-22(30)18-25(20)31-27(19)21;/h5-6,10-15,17-18H,4,7-9,16H2,1-3H3;1H. The molecule has 2 heterocycles. The number of allylic oxidation sites excluding steroid dienone is 4. The highest BCUT2D eigenvalue weighted by atomic mass is 127. The predicted octanol–water partition coefficient (Wildman–Crippen LogP) is 3.65. The highest BCUT2D eigenvalue weighted by molar-refractivity contribution is 6.03. The smallest absolute Gasteiger partial charge is 0.209 e. The molecule has 0 atom stereocenters. The van der Waals surface area contributed by atoms with Gasteiger partial charge in [-0.1, -0.05) is 25.1 Å². The molecule has 1 N–H and O–H groups in total. The molecule has 166 valence electrons. The minimum atomic E-state index is -0.0351. The van der Waals surface area contributed by atoms with E-state index in [-0.39, 0.29) is 35.1 Å². The minimum absolute atomic E-state index is 0. The number of ether oxygens (including phenoxy) is 1. The molecule has 4 heteroatoms. The molecule has 3 nitrogen and oxygen atoms in total. The maximum absolute atomic E-state index is 9.88. The number of nitrogens with zero attached hydrogens (tertiary/aromatic N) is 1. The maximum Gasteiger partial charge on any atom is 0.209 e. The Labute approximate surface area is 207 Å². The van der Waals surface area contributed by atoms with E-state index in [1.54, 1.807) is 12.1 Å². The maximum atomic E-state index is 9.88. The lowest BCUT2D eigenvalue weighted by atomic mass is 9.81. The molecule has 0 radical (unpaired) electrons. The summed E-state index contributed by atoms with van der Waals surface area (Å²) in [5, 5.41) is 9.88. The summed E-state index contributed by atoms with van der Waals surface area (Å²) in [4.78, 5) is 0. The molecule has 0 saturated heterocycles. The van der Waals surface area contributed by atoms with Crippen LogP contribution in [0.2, 0.25) is 0 Å². The summed E-state index contributed by atoms with van der Waals surface area (Å²) in [6, 6.07) is 14.1. The summed E-state index contributed by atoms with van der Waals surface area (Å²) in [5.74, 6) is 1.94. The Balaban J connectivity index is 0.00000245. The highest BCUT2D eigenvalue weighted by Gasteiger charge is 2.43. The first-order chi connectivity index (χ1) is 15.0. The topological polar surface area (TPSA) is 32.5 Å². The third-order valence-electron chi connectivity index (χ3n) is 6.70. The van der Waals surface area contributed by atoms with Gasteiger partial charge >= 0.3 is 0 Å². The Kier molecular flexibility index (Phi) is 6.35. The van der Waals surface area contributed by atoms with Crippen molar-refractivity contribution in [1.82, 2.24) is 0 Å². The zero-order chi connectivity index (χ0) is 21.6. The number of hydrogen-bond acceptors (Lipinski definition) is 2. The van der Waals surface area contributed by atoms with Gasteiger partial charge in [-0.05, 0) is 68.5 Å². The second-order valence-corrected chi connectivity index (χ2v) is 9.21. The lowest BCUT2D eigenvalue weighted by Crippen LogP contribution is -3.00. The molecule has 0 amide bonds. The molecule has 0 fully saturated rings. The van der Waals surface area contributed by atoms with E-state index in [0.717, 1.165) is 49.3 Å². The van der Waals surface area contributed by atoms with Gasteiger partial charge in [-0.3, -0.25) is 0 Å². The molecule has 1 aliphatic carbocycles. The first-order valence-electron chi connectivity index (χ1n) is 11.4. The lowest BCUT2D eigenvalue weighted by molar-refractivity contribution is -0.437. The predicted molar refractivity (Wildman–Crippen MR) is 126 cm³/mol. The molecule has 5 rings (SSSR count). The molecular weight excluding hydrogens is 509 g/mol. The third kappa shape index (κ3) is 3.83. The van der Waals surface area contributed by atoms with E-state index in [0.29, 0.717) is 0 Å². The monoisotopic (exact) mass is 539 g/mol. The van der Waals surface area contributed by atoms with Crippen molar-refractivity contribution in [3.05, 3.63) is 82.6 Å². The van der Waals surface area contributed by atoms with E-state index in [4.69, 9.17) is 4.74 Å². The summed E-state index contributed by atoms with van der Waals surface area (Å²) in [6.07, 6.45) is 11.1. The number of benzene rings is 2. The molecule has 2 aliphatic heterocycles. The van der Waals surface area contributed by atoms with Crippen LogP contribution >= 0.6 is 0 Å². The summed E-state index contributed by atoms with van der Waals surface area (Å²) in [7, 11) is 0. The zero-order valence-electron chi connectivity index (χ0n) is 19.0. The molecule has 0 bridgehead atoms. The van der Waals surface area contributed by atoms with Crippen molar-refractivity contribution >= 4 is 17.5 Å². The highest BCUT2D eigenvalue weighted by Crippen LogP contribution is 2.42. The molecule has 3 aliphatic rings. The van der Waals surface area contributed by atoms with Gasteiger partial charge in [0.2, 0.25) is 5.69 Å². The van der Waals surface area contributed by atoms with Crippen LogP contribution in [-0.2, 0) is 5.41 Å². The SMILES string of the molecule is CCC[N+]1=C(/C=C/C2=C3Oc4cc(O)ccc4C=C3CCC2)C(C)(C)c2ccccc21.[I-]. The van der Waals surface area contributed by atoms with Crippen LogP contribution < -0.4 is 28.7 Å². The number of para-hydroxylation sites is 1. The number of rotatable bonds is 4. The Bertz CT molecular complexity index is 1180. The second kappa shape index (κ2) is 8.89. The van der Waals surface area contributed by atoms with E-state index >= 15 is 0 Å². The van der Waals surface area contributed by atoms with Crippen LogP contribution in [0.4, 0.5) is 5.69 Å². The Hall–Kier alpha value is -2.34. The first-order valence-corrected chi connectivity index (χ1v) is 11.4. The number of halogens is 1. The first kappa shape index (κ1) is 22.8. The Morgan fingerprint density at radius 2 is 1.91 bits per heavy atom. The van der Waals surface area contributed by atoms with Crippen molar-refractivity contribution in [2.24, 2.45) is 0 Å². The van der Waals surface area contributed by atoms with Gasteiger partial charge in [0.05, 0.1) is 5.41 Å². The molecule has 0 spiro atoms. The number of phenols is 1. The lowest BCUT2D eigenvalue weighted by Gasteiger charge is -2.26. The van der Waals surface area contributed by atoms with Gasteiger partial charge in [0.1, 0.15) is 23.8 Å². The molecule has 0 saturated carbocycles. The summed E-state index contributed by atoms with van der Waals surface area (Å²) in [6.45, 7) is 7.89. The third-order valence-corrected chi connectivity index (χ3v) is 6.70. The van der Waals surface area contributed by atoms with E-state index in [9.17, 15) is 5.11 Å². The number of hydrogen-bond donors (Lipinski definition) is 1. The van der Waals surface area contributed by atoms with Gasteiger partial charge in [-0.25, -0.2) is 0 Å². The average Bonchev–Trinajstić information content (AvgIpc) is 2.98. The average molecular weight is 539 g/mol. The number of phenolic OH excluding ortho intramolecular Hbond substituents is 1.